The van der Waals surface area contributed by atoms with Gasteiger partial charge in [0.1, 0.15) is 0 Å². The standard InChI is InChI=1S/C24H21N3O5/c28-23(17-4-2-1-3-5-17)21-16-19(8-11-22(21)26-12-14-32-15-13-26)25-24(29)18-6-9-20(10-7-18)27(30)31/h1-11,16H,12-15H2,(H,25,29). The zero-order chi connectivity index (χ0) is 22.5. The average molecular weight is 431 g/mol. The quantitative estimate of drug-likeness (QED) is 0.361. The van der Waals surface area contributed by atoms with E-state index in [0.29, 0.717) is 43.1 Å². The lowest BCUT2D eigenvalue weighted by atomic mass is 10.00. The molecule has 0 bridgehead atoms. The van der Waals surface area contributed by atoms with E-state index in [-0.39, 0.29) is 17.0 Å². The summed E-state index contributed by atoms with van der Waals surface area (Å²) in [5.74, 6) is -0.560. The number of morpholine rings is 1. The number of benzene rings is 3. The van der Waals surface area contributed by atoms with E-state index in [1.165, 1.54) is 24.3 Å². The summed E-state index contributed by atoms with van der Waals surface area (Å²) in [7, 11) is 0. The van der Waals surface area contributed by atoms with Gasteiger partial charge >= 0.3 is 0 Å². The number of nitro benzene ring substituents is 1. The maximum atomic E-state index is 13.3. The van der Waals surface area contributed by atoms with Gasteiger partial charge in [0.2, 0.25) is 0 Å². The van der Waals surface area contributed by atoms with Gasteiger partial charge in [0.15, 0.2) is 5.78 Å². The third kappa shape index (κ3) is 4.65. The molecule has 3 aromatic carbocycles. The summed E-state index contributed by atoms with van der Waals surface area (Å²) in [5, 5.41) is 13.6. The highest BCUT2D eigenvalue weighted by Gasteiger charge is 2.21. The van der Waals surface area contributed by atoms with E-state index in [2.05, 4.69) is 10.2 Å². The normalized spacial score (nSPS) is 13.4. The summed E-state index contributed by atoms with van der Waals surface area (Å²) >= 11 is 0. The molecule has 1 amide bonds. The Labute approximate surface area is 184 Å². The Balaban J connectivity index is 1.63. The summed E-state index contributed by atoms with van der Waals surface area (Å²) < 4.78 is 5.43. The van der Waals surface area contributed by atoms with Crippen molar-refractivity contribution in [2.24, 2.45) is 0 Å². The number of rotatable bonds is 6. The molecule has 32 heavy (non-hydrogen) atoms. The predicted octanol–water partition coefficient (Wildman–Crippen LogP) is 3.91. The van der Waals surface area contributed by atoms with Crippen LogP contribution >= 0.6 is 0 Å². The number of amides is 1. The SMILES string of the molecule is O=C(Nc1ccc(N2CCOCC2)c(C(=O)c2ccccc2)c1)c1ccc([N+](=O)[O-])cc1. The first-order chi connectivity index (χ1) is 15.5. The number of carbonyl (C=O) groups excluding carboxylic acids is 2. The molecule has 1 heterocycles. The zero-order valence-electron chi connectivity index (χ0n) is 17.2. The van der Waals surface area contributed by atoms with E-state index in [1.807, 2.05) is 24.3 Å². The van der Waals surface area contributed by atoms with Crippen molar-refractivity contribution in [3.05, 3.63) is 99.6 Å². The lowest BCUT2D eigenvalue weighted by Gasteiger charge is -2.30. The van der Waals surface area contributed by atoms with Gasteiger partial charge in [-0.25, -0.2) is 0 Å². The van der Waals surface area contributed by atoms with Gasteiger partial charge in [0, 0.05) is 53.3 Å². The van der Waals surface area contributed by atoms with Gasteiger partial charge in [-0.1, -0.05) is 30.3 Å². The van der Waals surface area contributed by atoms with Gasteiger partial charge in [-0.3, -0.25) is 19.7 Å². The third-order valence-electron chi connectivity index (χ3n) is 5.23. The van der Waals surface area contributed by atoms with Crippen LogP contribution in [0.15, 0.2) is 72.8 Å². The molecule has 4 rings (SSSR count). The molecule has 1 aliphatic heterocycles. The number of hydrogen-bond acceptors (Lipinski definition) is 6. The molecule has 1 fully saturated rings. The monoisotopic (exact) mass is 431 g/mol. The molecule has 0 aliphatic carbocycles. The van der Waals surface area contributed by atoms with E-state index in [0.717, 1.165) is 5.69 Å². The first kappa shape index (κ1) is 21.2. The molecule has 1 N–H and O–H groups in total. The molecular weight excluding hydrogens is 410 g/mol. The summed E-state index contributed by atoms with van der Waals surface area (Å²) in [4.78, 5) is 38.3. The molecule has 0 aromatic heterocycles. The fourth-order valence-electron chi connectivity index (χ4n) is 3.56. The summed E-state index contributed by atoms with van der Waals surface area (Å²) in [6.45, 7) is 2.50. The molecule has 0 radical (unpaired) electrons. The number of nitrogens with zero attached hydrogens (tertiary/aromatic N) is 2. The fourth-order valence-corrected chi connectivity index (χ4v) is 3.56. The Morgan fingerprint density at radius 3 is 2.25 bits per heavy atom. The number of carbonyl (C=O) groups is 2. The second-order valence-electron chi connectivity index (χ2n) is 7.28. The van der Waals surface area contributed by atoms with Crippen molar-refractivity contribution in [1.29, 1.82) is 0 Å². The van der Waals surface area contributed by atoms with E-state index < -0.39 is 10.8 Å². The lowest BCUT2D eigenvalue weighted by Crippen LogP contribution is -2.37. The molecule has 0 spiro atoms. The second kappa shape index (κ2) is 9.40. The van der Waals surface area contributed by atoms with E-state index in [1.54, 1.807) is 24.3 Å². The fraction of sp³-hybridized carbons (Fsp3) is 0.167. The van der Waals surface area contributed by atoms with Gasteiger partial charge in [0.05, 0.1) is 18.1 Å². The topological polar surface area (TPSA) is 102 Å². The summed E-state index contributed by atoms with van der Waals surface area (Å²) in [6, 6.07) is 19.6. The number of anilines is 2. The van der Waals surface area contributed by atoms with Gasteiger partial charge in [-0.15, -0.1) is 0 Å². The minimum Gasteiger partial charge on any atom is -0.378 e. The molecule has 162 valence electrons. The number of nitrogens with one attached hydrogen (secondary N) is 1. The largest absolute Gasteiger partial charge is 0.378 e. The van der Waals surface area contributed by atoms with Crippen LogP contribution < -0.4 is 10.2 Å². The maximum Gasteiger partial charge on any atom is 0.269 e. The molecule has 8 heteroatoms. The molecule has 0 atom stereocenters. The first-order valence-electron chi connectivity index (χ1n) is 10.2. The maximum absolute atomic E-state index is 13.3. The smallest absolute Gasteiger partial charge is 0.269 e. The Morgan fingerprint density at radius 2 is 1.59 bits per heavy atom. The lowest BCUT2D eigenvalue weighted by molar-refractivity contribution is -0.384. The Morgan fingerprint density at radius 1 is 0.906 bits per heavy atom. The summed E-state index contributed by atoms with van der Waals surface area (Å²) in [5.41, 5.74) is 2.48. The average Bonchev–Trinajstić information content (AvgIpc) is 2.84. The first-order valence-corrected chi connectivity index (χ1v) is 10.2. The molecule has 1 saturated heterocycles. The van der Waals surface area contributed by atoms with Crippen LogP contribution in [-0.4, -0.2) is 42.9 Å². The molecule has 8 nitrogen and oxygen atoms in total. The minimum absolute atomic E-state index is 0.0906. The van der Waals surface area contributed by atoms with E-state index >= 15 is 0 Å². The second-order valence-corrected chi connectivity index (χ2v) is 7.28. The van der Waals surface area contributed by atoms with Gasteiger partial charge in [0.25, 0.3) is 11.6 Å². The van der Waals surface area contributed by atoms with E-state index in [4.69, 9.17) is 4.74 Å². The van der Waals surface area contributed by atoms with Crippen LogP contribution in [0, 0.1) is 10.1 Å². The molecule has 1 aliphatic rings. The minimum atomic E-state index is -0.520. The van der Waals surface area contributed by atoms with Crippen LogP contribution in [0.25, 0.3) is 0 Å². The highest BCUT2D eigenvalue weighted by atomic mass is 16.6. The van der Waals surface area contributed by atoms with Crippen LogP contribution in [0.2, 0.25) is 0 Å². The highest BCUT2D eigenvalue weighted by Crippen LogP contribution is 2.28. The molecular formula is C24H21N3O5. The Hall–Kier alpha value is -4.04. The van der Waals surface area contributed by atoms with Crippen molar-refractivity contribution >= 4 is 28.8 Å². The van der Waals surface area contributed by atoms with Crippen molar-refractivity contribution in [2.75, 3.05) is 36.5 Å². The van der Waals surface area contributed by atoms with Crippen molar-refractivity contribution in [3.8, 4) is 0 Å². The van der Waals surface area contributed by atoms with Gasteiger partial charge < -0.3 is 15.0 Å². The van der Waals surface area contributed by atoms with Crippen LogP contribution in [0.1, 0.15) is 26.3 Å². The van der Waals surface area contributed by atoms with Crippen LogP contribution in [-0.2, 0) is 4.74 Å². The third-order valence-corrected chi connectivity index (χ3v) is 5.23. The van der Waals surface area contributed by atoms with Gasteiger partial charge in [-0.05, 0) is 30.3 Å². The number of hydrogen-bond donors (Lipinski definition) is 1. The van der Waals surface area contributed by atoms with Crippen LogP contribution in [0.4, 0.5) is 17.1 Å². The highest BCUT2D eigenvalue weighted by molar-refractivity contribution is 6.13. The van der Waals surface area contributed by atoms with Crippen molar-refractivity contribution < 1.29 is 19.2 Å². The van der Waals surface area contributed by atoms with Crippen molar-refractivity contribution in [1.82, 2.24) is 0 Å². The molecule has 0 unspecified atom stereocenters. The molecule has 0 saturated carbocycles. The Bertz CT molecular complexity index is 1140. The Kier molecular flexibility index (Phi) is 6.23. The molecule has 3 aromatic rings. The predicted molar refractivity (Wildman–Crippen MR) is 120 cm³/mol. The summed E-state index contributed by atoms with van der Waals surface area (Å²) in [6.07, 6.45) is 0. The zero-order valence-corrected chi connectivity index (χ0v) is 17.2. The number of nitro groups is 1. The van der Waals surface area contributed by atoms with Crippen LogP contribution in [0.5, 0.6) is 0 Å². The number of ketones is 1. The van der Waals surface area contributed by atoms with Crippen molar-refractivity contribution in [3.63, 3.8) is 0 Å². The van der Waals surface area contributed by atoms with Crippen LogP contribution in [0.3, 0.4) is 0 Å². The number of non-ortho nitro benzene ring substituents is 1. The number of ether oxygens (including phenoxy) is 1. The van der Waals surface area contributed by atoms with Gasteiger partial charge in [-0.2, -0.15) is 0 Å². The van der Waals surface area contributed by atoms with Crippen molar-refractivity contribution in [2.45, 2.75) is 0 Å². The van der Waals surface area contributed by atoms with E-state index in [9.17, 15) is 19.7 Å².